The number of carbonyl (C=O) groups excluding carboxylic acids is 2. The molecule has 1 saturated carbocycles. The number of amides is 2. The summed E-state index contributed by atoms with van der Waals surface area (Å²) in [6.45, 7) is 0.565. The van der Waals surface area contributed by atoms with Gasteiger partial charge in [-0.2, -0.15) is 0 Å². The number of hydrogen-bond acceptors (Lipinski definition) is 3. The molecule has 2 aromatic rings. The Morgan fingerprint density at radius 3 is 2.62 bits per heavy atom. The SMILES string of the molecule is O=C(NC1CC1)C1CCCN1C(=O)c1c[nH]c(=O)c2ccccc12. The van der Waals surface area contributed by atoms with Gasteiger partial charge in [-0.05, 0) is 31.7 Å². The van der Waals surface area contributed by atoms with Gasteiger partial charge in [0.15, 0.2) is 0 Å². The van der Waals surface area contributed by atoms with Crippen molar-refractivity contribution in [2.45, 2.75) is 37.8 Å². The van der Waals surface area contributed by atoms with Gasteiger partial charge in [-0.25, -0.2) is 0 Å². The van der Waals surface area contributed by atoms with Gasteiger partial charge in [0.05, 0.1) is 5.56 Å². The minimum atomic E-state index is -0.413. The van der Waals surface area contributed by atoms with Crippen LogP contribution in [0, 0.1) is 0 Å². The minimum Gasteiger partial charge on any atom is -0.352 e. The third kappa shape index (κ3) is 2.58. The second kappa shape index (κ2) is 5.78. The molecule has 1 aliphatic heterocycles. The van der Waals surface area contributed by atoms with Crippen LogP contribution in [0.15, 0.2) is 35.3 Å². The monoisotopic (exact) mass is 325 g/mol. The van der Waals surface area contributed by atoms with Crippen LogP contribution in [0.5, 0.6) is 0 Å². The first-order valence-electron chi connectivity index (χ1n) is 8.37. The Kier molecular flexibility index (Phi) is 3.59. The molecule has 0 radical (unpaired) electrons. The average Bonchev–Trinajstić information content (AvgIpc) is 3.26. The molecular formula is C18H19N3O3. The highest BCUT2D eigenvalue weighted by atomic mass is 16.2. The molecule has 6 heteroatoms. The fourth-order valence-electron chi connectivity index (χ4n) is 3.35. The number of nitrogens with one attached hydrogen (secondary N) is 2. The van der Waals surface area contributed by atoms with Gasteiger partial charge in [0, 0.05) is 29.6 Å². The Hall–Kier alpha value is -2.63. The molecular weight excluding hydrogens is 306 g/mol. The molecule has 1 aromatic heterocycles. The number of aromatic nitrogens is 1. The molecule has 1 aromatic carbocycles. The molecule has 2 aliphatic rings. The topological polar surface area (TPSA) is 82.3 Å². The highest BCUT2D eigenvalue weighted by Gasteiger charge is 2.37. The molecule has 2 N–H and O–H groups in total. The van der Waals surface area contributed by atoms with E-state index in [-0.39, 0.29) is 23.4 Å². The van der Waals surface area contributed by atoms with E-state index in [0.717, 1.165) is 19.3 Å². The summed E-state index contributed by atoms with van der Waals surface area (Å²) in [7, 11) is 0. The molecule has 2 heterocycles. The third-order valence-electron chi connectivity index (χ3n) is 4.78. The first-order valence-corrected chi connectivity index (χ1v) is 8.37. The fourth-order valence-corrected chi connectivity index (χ4v) is 3.35. The van der Waals surface area contributed by atoms with Crippen molar-refractivity contribution in [3.63, 3.8) is 0 Å². The highest BCUT2D eigenvalue weighted by Crippen LogP contribution is 2.25. The maximum absolute atomic E-state index is 13.0. The van der Waals surface area contributed by atoms with Gasteiger partial charge in [-0.3, -0.25) is 14.4 Å². The number of carbonyl (C=O) groups is 2. The lowest BCUT2D eigenvalue weighted by Crippen LogP contribution is -2.46. The maximum Gasteiger partial charge on any atom is 0.256 e. The summed E-state index contributed by atoms with van der Waals surface area (Å²) in [4.78, 5) is 41.6. The zero-order valence-corrected chi connectivity index (χ0v) is 13.2. The van der Waals surface area contributed by atoms with Crippen molar-refractivity contribution in [1.82, 2.24) is 15.2 Å². The van der Waals surface area contributed by atoms with Gasteiger partial charge in [0.1, 0.15) is 6.04 Å². The highest BCUT2D eigenvalue weighted by molar-refractivity contribution is 6.07. The number of pyridine rings is 1. The Balaban J connectivity index is 1.66. The summed E-state index contributed by atoms with van der Waals surface area (Å²) >= 11 is 0. The second-order valence-corrected chi connectivity index (χ2v) is 6.52. The molecule has 124 valence electrons. The Bertz CT molecular complexity index is 869. The van der Waals surface area contributed by atoms with Crippen LogP contribution in [0.4, 0.5) is 0 Å². The van der Waals surface area contributed by atoms with Gasteiger partial charge in [0.2, 0.25) is 5.91 Å². The van der Waals surface area contributed by atoms with E-state index < -0.39 is 6.04 Å². The quantitative estimate of drug-likeness (QED) is 0.895. The second-order valence-electron chi connectivity index (χ2n) is 6.52. The maximum atomic E-state index is 13.0. The van der Waals surface area contributed by atoms with E-state index in [2.05, 4.69) is 10.3 Å². The predicted octanol–water partition coefficient (Wildman–Crippen LogP) is 1.41. The average molecular weight is 325 g/mol. The molecule has 4 rings (SSSR count). The van der Waals surface area contributed by atoms with Gasteiger partial charge < -0.3 is 15.2 Å². The summed E-state index contributed by atoms with van der Waals surface area (Å²) in [6, 6.07) is 6.92. The van der Waals surface area contributed by atoms with Crippen LogP contribution < -0.4 is 10.9 Å². The van der Waals surface area contributed by atoms with Crippen molar-refractivity contribution in [2.24, 2.45) is 0 Å². The molecule has 2 fully saturated rings. The standard InChI is InChI=1S/C18H19N3O3/c22-16-13-5-2-1-4-12(13)14(10-19-16)18(24)21-9-3-6-15(21)17(23)20-11-7-8-11/h1-2,4-5,10-11,15H,3,6-9H2,(H,19,22)(H,20,23). The molecule has 1 saturated heterocycles. The number of rotatable bonds is 3. The van der Waals surface area contributed by atoms with Gasteiger partial charge >= 0.3 is 0 Å². The van der Waals surface area contributed by atoms with E-state index in [0.29, 0.717) is 29.3 Å². The van der Waals surface area contributed by atoms with Crippen LogP contribution in [0.3, 0.4) is 0 Å². The number of H-pyrrole nitrogens is 1. The van der Waals surface area contributed by atoms with Gasteiger partial charge in [0.25, 0.3) is 11.5 Å². The van der Waals surface area contributed by atoms with E-state index in [1.165, 1.54) is 6.20 Å². The van der Waals surface area contributed by atoms with E-state index in [9.17, 15) is 14.4 Å². The zero-order valence-electron chi connectivity index (χ0n) is 13.2. The number of benzene rings is 1. The van der Waals surface area contributed by atoms with Crippen molar-refractivity contribution < 1.29 is 9.59 Å². The van der Waals surface area contributed by atoms with Crippen LogP contribution in [0.25, 0.3) is 10.8 Å². The Morgan fingerprint density at radius 2 is 1.88 bits per heavy atom. The van der Waals surface area contributed by atoms with Crippen LogP contribution >= 0.6 is 0 Å². The molecule has 24 heavy (non-hydrogen) atoms. The van der Waals surface area contributed by atoms with Gasteiger partial charge in [-0.1, -0.05) is 18.2 Å². The summed E-state index contributed by atoms with van der Waals surface area (Å²) in [5.74, 6) is -0.257. The van der Waals surface area contributed by atoms with Crippen LogP contribution in [-0.2, 0) is 4.79 Å². The third-order valence-corrected chi connectivity index (χ3v) is 4.78. The molecule has 1 aliphatic carbocycles. The summed E-state index contributed by atoms with van der Waals surface area (Å²) in [5, 5.41) is 4.10. The molecule has 2 amide bonds. The first-order chi connectivity index (χ1) is 11.6. The fraction of sp³-hybridized carbons (Fsp3) is 0.389. The summed E-state index contributed by atoms with van der Waals surface area (Å²) in [5.41, 5.74) is 0.225. The van der Waals surface area contributed by atoms with Crippen LogP contribution in [0.1, 0.15) is 36.0 Å². The molecule has 1 unspecified atom stereocenters. The van der Waals surface area contributed by atoms with Crippen molar-refractivity contribution >= 4 is 22.6 Å². The Labute approximate surface area is 138 Å². The smallest absolute Gasteiger partial charge is 0.256 e. The lowest BCUT2D eigenvalue weighted by Gasteiger charge is -2.24. The normalized spacial score (nSPS) is 20.3. The largest absolute Gasteiger partial charge is 0.352 e. The van der Waals surface area contributed by atoms with Gasteiger partial charge in [-0.15, -0.1) is 0 Å². The molecule has 0 bridgehead atoms. The van der Waals surface area contributed by atoms with E-state index in [1.54, 1.807) is 29.2 Å². The lowest BCUT2D eigenvalue weighted by molar-refractivity contribution is -0.125. The summed E-state index contributed by atoms with van der Waals surface area (Å²) in [6.07, 6.45) is 5.01. The number of likely N-dealkylation sites (tertiary alicyclic amines) is 1. The molecule has 0 spiro atoms. The van der Waals surface area contributed by atoms with Crippen LogP contribution in [0.2, 0.25) is 0 Å². The molecule has 6 nitrogen and oxygen atoms in total. The van der Waals surface area contributed by atoms with Crippen molar-refractivity contribution in [3.8, 4) is 0 Å². The van der Waals surface area contributed by atoms with Crippen molar-refractivity contribution in [2.75, 3.05) is 6.54 Å². The Morgan fingerprint density at radius 1 is 1.12 bits per heavy atom. The lowest BCUT2D eigenvalue weighted by atomic mass is 10.1. The summed E-state index contributed by atoms with van der Waals surface area (Å²) < 4.78 is 0. The number of nitrogens with zero attached hydrogens (tertiary/aromatic N) is 1. The van der Waals surface area contributed by atoms with Crippen molar-refractivity contribution in [3.05, 3.63) is 46.4 Å². The molecule has 1 atom stereocenters. The first kappa shape index (κ1) is 14.9. The predicted molar refractivity (Wildman–Crippen MR) is 89.8 cm³/mol. The number of aromatic amines is 1. The number of hydrogen-bond donors (Lipinski definition) is 2. The van der Waals surface area contributed by atoms with Crippen LogP contribution in [-0.4, -0.2) is 40.3 Å². The minimum absolute atomic E-state index is 0.0583. The zero-order chi connectivity index (χ0) is 16.7. The van der Waals surface area contributed by atoms with E-state index >= 15 is 0 Å². The van der Waals surface area contributed by atoms with Crippen molar-refractivity contribution in [1.29, 1.82) is 0 Å². The number of fused-ring (bicyclic) bond motifs is 1. The van der Waals surface area contributed by atoms with E-state index in [1.807, 2.05) is 0 Å². The van der Waals surface area contributed by atoms with E-state index in [4.69, 9.17) is 0 Å².